The van der Waals surface area contributed by atoms with Crippen molar-refractivity contribution in [1.29, 1.82) is 0 Å². The van der Waals surface area contributed by atoms with Gasteiger partial charge in [-0.05, 0) is 17.9 Å². The minimum absolute atomic E-state index is 0.342. The maximum atomic E-state index is 6.29. The van der Waals surface area contributed by atoms with Crippen LogP contribution >= 0.6 is 22.9 Å². The molecule has 0 fully saturated rings. The first-order valence-electron chi connectivity index (χ1n) is 5.76. The molecule has 108 valence electrons. The van der Waals surface area contributed by atoms with Crippen molar-refractivity contribution in [1.82, 2.24) is 15.4 Å². The summed E-state index contributed by atoms with van der Waals surface area (Å²) in [7, 11) is 3.03. The Labute approximate surface area is 125 Å². The number of nitrogens with one attached hydrogen (secondary N) is 1. The van der Waals surface area contributed by atoms with Crippen LogP contribution < -0.4 is 20.7 Å². The number of rotatable bonds is 5. The topological polar surface area (TPSA) is 82.3 Å². The minimum atomic E-state index is -0.394. The van der Waals surface area contributed by atoms with Crippen LogP contribution in [0.3, 0.4) is 0 Å². The lowest BCUT2D eigenvalue weighted by molar-refractivity contribution is 0.353. The summed E-state index contributed by atoms with van der Waals surface area (Å²) in [5, 5.41) is 2.63. The van der Waals surface area contributed by atoms with E-state index < -0.39 is 6.04 Å². The van der Waals surface area contributed by atoms with E-state index in [-0.39, 0.29) is 0 Å². The Morgan fingerprint density at radius 3 is 2.65 bits per heavy atom. The molecule has 2 aromatic heterocycles. The molecule has 0 radical (unpaired) electrons. The van der Waals surface area contributed by atoms with Crippen LogP contribution in [0.5, 0.6) is 11.8 Å². The highest BCUT2D eigenvalue weighted by molar-refractivity contribution is 7.10. The van der Waals surface area contributed by atoms with E-state index in [1.165, 1.54) is 31.8 Å². The lowest BCUT2D eigenvalue weighted by Gasteiger charge is -2.17. The van der Waals surface area contributed by atoms with Gasteiger partial charge < -0.3 is 9.47 Å². The van der Waals surface area contributed by atoms with Crippen LogP contribution in [-0.2, 0) is 0 Å². The number of nitrogens with two attached hydrogens (primary N) is 1. The third-order valence-corrected chi connectivity index (χ3v) is 4.55. The predicted molar refractivity (Wildman–Crippen MR) is 78.4 cm³/mol. The van der Waals surface area contributed by atoms with Gasteiger partial charge >= 0.3 is 0 Å². The molecule has 0 aliphatic heterocycles. The van der Waals surface area contributed by atoms with Crippen LogP contribution in [0.1, 0.15) is 22.2 Å². The Morgan fingerprint density at radius 2 is 2.15 bits per heavy atom. The summed E-state index contributed by atoms with van der Waals surface area (Å²) in [6.07, 6.45) is 1.51. The number of thiophene rings is 1. The van der Waals surface area contributed by atoms with Gasteiger partial charge in [-0.3, -0.25) is 5.84 Å². The number of hydrogen-bond acceptors (Lipinski definition) is 7. The lowest BCUT2D eigenvalue weighted by atomic mass is 10.1. The van der Waals surface area contributed by atoms with Gasteiger partial charge in [-0.1, -0.05) is 11.6 Å². The van der Waals surface area contributed by atoms with Gasteiger partial charge in [0, 0.05) is 4.88 Å². The maximum Gasteiger partial charge on any atom is 0.240 e. The minimum Gasteiger partial charge on any atom is -0.480 e. The first-order chi connectivity index (χ1) is 9.62. The monoisotopic (exact) mass is 314 g/mol. The van der Waals surface area contributed by atoms with Gasteiger partial charge in [0.15, 0.2) is 0 Å². The molecule has 8 heteroatoms. The summed E-state index contributed by atoms with van der Waals surface area (Å²) in [6.45, 7) is 1.94. The number of nitrogens with zero attached hydrogens (tertiary/aromatic N) is 2. The zero-order valence-corrected chi connectivity index (χ0v) is 12.9. The van der Waals surface area contributed by atoms with Crippen molar-refractivity contribution in [3.8, 4) is 11.8 Å². The molecule has 0 spiro atoms. The van der Waals surface area contributed by atoms with Crippen LogP contribution in [0, 0.1) is 6.92 Å². The van der Waals surface area contributed by atoms with E-state index in [0.29, 0.717) is 22.5 Å². The molecule has 2 heterocycles. The highest BCUT2D eigenvalue weighted by Gasteiger charge is 2.24. The van der Waals surface area contributed by atoms with Crippen molar-refractivity contribution in [2.24, 2.45) is 5.84 Å². The van der Waals surface area contributed by atoms with Crippen LogP contribution in [0.15, 0.2) is 11.6 Å². The molecule has 3 N–H and O–H groups in total. The van der Waals surface area contributed by atoms with Crippen LogP contribution in [0.25, 0.3) is 0 Å². The predicted octanol–water partition coefficient (Wildman–Crippen LogP) is 2.07. The van der Waals surface area contributed by atoms with E-state index in [4.69, 9.17) is 26.9 Å². The van der Waals surface area contributed by atoms with Crippen LogP contribution in [-0.4, -0.2) is 24.2 Å². The molecule has 0 saturated carbocycles. The van der Waals surface area contributed by atoms with Crippen molar-refractivity contribution in [3.05, 3.63) is 32.7 Å². The summed E-state index contributed by atoms with van der Waals surface area (Å²) in [5.41, 5.74) is 4.25. The number of aryl methyl sites for hydroxylation is 1. The Hall–Kier alpha value is -1.41. The second-order valence-electron chi connectivity index (χ2n) is 4.00. The normalized spacial score (nSPS) is 12.2. The summed E-state index contributed by atoms with van der Waals surface area (Å²) < 4.78 is 10.3. The first kappa shape index (κ1) is 15.0. The molecular formula is C12H15ClN4O2S. The van der Waals surface area contributed by atoms with Crippen molar-refractivity contribution in [2.45, 2.75) is 13.0 Å². The highest BCUT2D eigenvalue weighted by atomic mass is 35.5. The third kappa shape index (κ3) is 2.71. The van der Waals surface area contributed by atoms with Gasteiger partial charge in [-0.15, -0.1) is 11.3 Å². The maximum absolute atomic E-state index is 6.29. The number of hydrogen-bond donors (Lipinski definition) is 2. The molecule has 1 unspecified atom stereocenters. The van der Waals surface area contributed by atoms with E-state index in [2.05, 4.69) is 15.4 Å². The molecule has 0 aliphatic rings. The van der Waals surface area contributed by atoms with Crippen molar-refractivity contribution in [3.63, 3.8) is 0 Å². The van der Waals surface area contributed by atoms with E-state index in [9.17, 15) is 0 Å². The van der Waals surface area contributed by atoms with Gasteiger partial charge in [-0.2, -0.15) is 4.98 Å². The molecule has 2 aromatic rings. The fourth-order valence-electron chi connectivity index (χ4n) is 1.74. The van der Waals surface area contributed by atoms with Crippen LogP contribution in [0.2, 0.25) is 5.02 Å². The molecule has 0 aromatic carbocycles. The summed E-state index contributed by atoms with van der Waals surface area (Å²) in [5.74, 6) is 6.36. The van der Waals surface area contributed by atoms with Gasteiger partial charge in [0.05, 0.1) is 25.4 Å². The number of halogens is 1. The molecular weight excluding hydrogens is 300 g/mol. The number of ether oxygens (including phenoxy) is 2. The summed E-state index contributed by atoms with van der Waals surface area (Å²) in [4.78, 5) is 9.38. The largest absolute Gasteiger partial charge is 0.480 e. The number of aromatic nitrogens is 2. The van der Waals surface area contributed by atoms with E-state index in [1.54, 1.807) is 0 Å². The standard InChI is InChI=1S/C12H15ClN4O2S/c1-6-5-20-11(8(6)13)9(17-14)10-12(19-3)16-7(18-2)4-15-10/h4-5,9,17H,14H2,1-3H3. The highest BCUT2D eigenvalue weighted by Crippen LogP contribution is 2.37. The molecule has 6 nitrogen and oxygen atoms in total. The second kappa shape index (κ2) is 6.36. The average Bonchev–Trinajstić information content (AvgIpc) is 2.80. The molecule has 1 atom stereocenters. The van der Waals surface area contributed by atoms with E-state index in [1.807, 2.05) is 12.3 Å². The number of hydrazine groups is 1. The number of methoxy groups -OCH3 is 2. The SMILES string of the molecule is COc1cnc(C(NN)c2scc(C)c2Cl)c(OC)n1. The Bertz CT molecular complexity index is 605. The van der Waals surface area contributed by atoms with E-state index in [0.717, 1.165) is 10.4 Å². The van der Waals surface area contributed by atoms with Crippen molar-refractivity contribution >= 4 is 22.9 Å². The zero-order chi connectivity index (χ0) is 14.7. The van der Waals surface area contributed by atoms with Gasteiger partial charge in [-0.25, -0.2) is 10.4 Å². The molecule has 0 amide bonds. The van der Waals surface area contributed by atoms with Crippen LogP contribution in [0.4, 0.5) is 0 Å². The van der Waals surface area contributed by atoms with Gasteiger partial charge in [0.1, 0.15) is 11.7 Å². The quantitative estimate of drug-likeness (QED) is 0.649. The Morgan fingerprint density at radius 1 is 1.40 bits per heavy atom. The molecule has 2 rings (SSSR count). The van der Waals surface area contributed by atoms with Gasteiger partial charge in [0.25, 0.3) is 0 Å². The Balaban J connectivity index is 2.49. The van der Waals surface area contributed by atoms with Crippen molar-refractivity contribution < 1.29 is 9.47 Å². The second-order valence-corrected chi connectivity index (χ2v) is 5.29. The fraction of sp³-hybridized carbons (Fsp3) is 0.333. The first-order valence-corrected chi connectivity index (χ1v) is 7.02. The molecule has 0 saturated heterocycles. The van der Waals surface area contributed by atoms with Crippen molar-refractivity contribution in [2.75, 3.05) is 14.2 Å². The zero-order valence-electron chi connectivity index (χ0n) is 11.3. The van der Waals surface area contributed by atoms with Gasteiger partial charge in [0.2, 0.25) is 11.8 Å². The Kier molecular flexibility index (Phi) is 4.77. The molecule has 0 bridgehead atoms. The molecule has 0 aliphatic carbocycles. The van der Waals surface area contributed by atoms with E-state index >= 15 is 0 Å². The summed E-state index contributed by atoms with van der Waals surface area (Å²) in [6, 6.07) is -0.394. The lowest BCUT2D eigenvalue weighted by Crippen LogP contribution is -2.29. The molecule has 20 heavy (non-hydrogen) atoms. The average molecular weight is 315 g/mol. The smallest absolute Gasteiger partial charge is 0.240 e. The summed E-state index contributed by atoms with van der Waals surface area (Å²) >= 11 is 7.79. The third-order valence-electron chi connectivity index (χ3n) is 2.77. The fourth-order valence-corrected chi connectivity index (χ4v) is 3.10.